The van der Waals surface area contributed by atoms with Crippen LogP contribution in [0, 0.1) is 5.82 Å². The minimum absolute atomic E-state index is 0.0222. The molecule has 5 rings (SSSR count). The molecule has 0 spiro atoms. The van der Waals surface area contributed by atoms with Crippen LogP contribution in [-0.4, -0.2) is 51.7 Å². The maximum atomic E-state index is 15.1. The number of carbonyl (C=O) groups is 1. The van der Waals surface area contributed by atoms with Crippen LogP contribution in [0.4, 0.5) is 10.2 Å². The number of anilines is 1. The average Bonchev–Trinajstić information content (AvgIpc) is 3.54. The molecule has 31 heavy (non-hydrogen) atoms. The molecule has 4 N–H and O–H groups in total. The average molecular weight is 425 g/mol. The Balaban J connectivity index is 1.60. The molecule has 0 bridgehead atoms. The Morgan fingerprint density at radius 1 is 1.35 bits per heavy atom. The summed E-state index contributed by atoms with van der Waals surface area (Å²) in [6.07, 6.45) is 5.53. The highest BCUT2D eigenvalue weighted by Gasteiger charge is 2.30. The number of fused-ring (bicyclic) bond motifs is 1. The number of rotatable bonds is 6. The van der Waals surface area contributed by atoms with Gasteiger partial charge in [-0.1, -0.05) is 0 Å². The van der Waals surface area contributed by atoms with Crippen molar-refractivity contribution in [3.05, 3.63) is 35.4 Å². The number of methoxy groups -OCH3 is 1. The summed E-state index contributed by atoms with van der Waals surface area (Å²) in [5, 5.41) is 11.2. The Morgan fingerprint density at radius 2 is 2.19 bits per heavy atom. The number of nitrogens with zero attached hydrogens (tertiary/aromatic N) is 4. The van der Waals surface area contributed by atoms with E-state index in [9.17, 15) is 4.79 Å². The third-order valence-corrected chi connectivity index (χ3v) is 5.79. The van der Waals surface area contributed by atoms with Crippen molar-refractivity contribution in [3.63, 3.8) is 0 Å². The lowest BCUT2D eigenvalue weighted by Gasteiger charge is -2.25. The molecule has 0 aromatic carbocycles. The fourth-order valence-corrected chi connectivity index (χ4v) is 4.01. The summed E-state index contributed by atoms with van der Waals surface area (Å²) in [5.74, 6) is -0.115. The highest BCUT2D eigenvalue weighted by molar-refractivity contribution is 5.98. The van der Waals surface area contributed by atoms with Gasteiger partial charge in [-0.25, -0.2) is 18.9 Å². The standard InChI is InChI=1S/C21H24FN7O2/c1-31-16-8-17-25-10-15(29(17)28-18(16)11-4-5-11)19-14(22)7-13(20(23)30)21(27-19)26-12-3-2-6-24-9-12/h7-8,10-12,24H,2-6,9H2,1H3,(H2,23,30)(H,26,27). The Bertz CT molecular complexity index is 1150. The van der Waals surface area contributed by atoms with E-state index >= 15 is 4.39 Å². The molecule has 1 saturated carbocycles. The van der Waals surface area contributed by atoms with Crippen LogP contribution in [0.3, 0.4) is 0 Å². The second-order valence-corrected chi connectivity index (χ2v) is 8.05. The molecule has 4 heterocycles. The third kappa shape index (κ3) is 3.67. The van der Waals surface area contributed by atoms with E-state index in [1.807, 2.05) is 0 Å². The Kier molecular flexibility index (Phi) is 4.93. The first kappa shape index (κ1) is 19.7. The summed E-state index contributed by atoms with van der Waals surface area (Å²) in [6, 6.07) is 3.00. The molecule has 2 aliphatic rings. The first-order chi connectivity index (χ1) is 15.0. The number of ether oxygens (including phenoxy) is 1. The van der Waals surface area contributed by atoms with E-state index in [0.29, 0.717) is 23.0 Å². The lowest BCUT2D eigenvalue weighted by atomic mass is 10.1. The molecule has 3 aromatic heterocycles. The molecule has 3 aromatic rings. The molecule has 1 aliphatic carbocycles. The Morgan fingerprint density at radius 3 is 2.87 bits per heavy atom. The van der Waals surface area contributed by atoms with Crippen molar-refractivity contribution >= 4 is 17.4 Å². The zero-order valence-corrected chi connectivity index (χ0v) is 17.2. The highest BCUT2D eigenvalue weighted by Crippen LogP contribution is 2.43. The van der Waals surface area contributed by atoms with Crippen molar-refractivity contribution in [2.75, 3.05) is 25.5 Å². The van der Waals surface area contributed by atoms with Gasteiger partial charge in [-0.3, -0.25) is 4.79 Å². The molecule has 1 amide bonds. The first-order valence-corrected chi connectivity index (χ1v) is 10.5. The molecule has 1 unspecified atom stereocenters. The van der Waals surface area contributed by atoms with Crippen LogP contribution in [0.15, 0.2) is 18.3 Å². The van der Waals surface area contributed by atoms with Crippen molar-refractivity contribution in [1.82, 2.24) is 24.9 Å². The number of carbonyl (C=O) groups excluding carboxylic acids is 1. The van der Waals surface area contributed by atoms with Crippen molar-refractivity contribution in [1.29, 1.82) is 0 Å². The predicted octanol–water partition coefficient (Wildman–Crippen LogP) is 2.08. The number of halogens is 1. The maximum absolute atomic E-state index is 15.1. The summed E-state index contributed by atoms with van der Waals surface area (Å²) in [7, 11) is 1.60. The number of primary amides is 1. The van der Waals surface area contributed by atoms with Gasteiger partial charge in [-0.2, -0.15) is 5.10 Å². The van der Waals surface area contributed by atoms with Gasteiger partial charge < -0.3 is 21.1 Å². The van der Waals surface area contributed by atoms with Crippen LogP contribution in [0.2, 0.25) is 0 Å². The number of nitrogens with two attached hydrogens (primary N) is 1. The number of aromatic nitrogens is 4. The van der Waals surface area contributed by atoms with Gasteiger partial charge in [0, 0.05) is 24.6 Å². The molecule has 1 atom stereocenters. The lowest BCUT2D eigenvalue weighted by Crippen LogP contribution is -2.39. The third-order valence-electron chi connectivity index (χ3n) is 5.79. The van der Waals surface area contributed by atoms with Crippen LogP contribution in [0.25, 0.3) is 17.0 Å². The van der Waals surface area contributed by atoms with Gasteiger partial charge in [0.25, 0.3) is 5.91 Å². The zero-order valence-electron chi connectivity index (χ0n) is 17.2. The van der Waals surface area contributed by atoms with Crippen LogP contribution in [0.1, 0.15) is 47.7 Å². The van der Waals surface area contributed by atoms with Crippen LogP contribution in [0.5, 0.6) is 5.75 Å². The van der Waals surface area contributed by atoms with Crippen LogP contribution >= 0.6 is 0 Å². The molecule has 10 heteroatoms. The molecule has 9 nitrogen and oxygen atoms in total. The summed E-state index contributed by atoms with van der Waals surface area (Å²) in [4.78, 5) is 20.8. The number of imidazole rings is 1. The molecule has 0 radical (unpaired) electrons. The summed E-state index contributed by atoms with van der Waals surface area (Å²) < 4.78 is 22.1. The predicted molar refractivity (Wildman–Crippen MR) is 113 cm³/mol. The Hall–Kier alpha value is -3.27. The van der Waals surface area contributed by atoms with E-state index in [2.05, 4.69) is 25.7 Å². The molecule has 2 fully saturated rings. The number of hydrogen-bond acceptors (Lipinski definition) is 7. The van der Waals surface area contributed by atoms with E-state index in [1.165, 1.54) is 6.20 Å². The van der Waals surface area contributed by atoms with Gasteiger partial charge in [-0.15, -0.1) is 0 Å². The molecule has 1 aliphatic heterocycles. The van der Waals surface area contributed by atoms with Gasteiger partial charge in [-0.05, 0) is 38.3 Å². The fourth-order valence-electron chi connectivity index (χ4n) is 4.01. The number of pyridine rings is 1. The minimum Gasteiger partial charge on any atom is -0.495 e. The number of amides is 1. The normalized spacial score (nSPS) is 18.8. The molecular weight excluding hydrogens is 401 g/mol. The zero-order chi connectivity index (χ0) is 21.5. The van der Waals surface area contributed by atoms with Gasteiger partial charge in [0.15, 0.2) is 11.5 Å². The highest BCUT2D eigenvalue weighted by atomic mass is 19.1. The summed E-state index contributed by atoms with van der Waals surface area (Å²) in [5.41, 5.74) is 7.34. The van der Waals surface area contributed by atoms with Crippen molar-refractivity contribution in [2.45, 2.75) is 37.6 Å². The monoisotopic (exact) mass is 425 g/mol. The fraction of sp³-hybridized carbons (Fsp3) is 0.429. The smallest absolute Gasteiger partial charge is 0.252 e. The van der Waals surface area contributed by atoms with E-state index < -0.39 is 11.7 Å². The second-order valence-electron chi connectivity index (χ2n) is 8.05. The number of hydrogen-bond donors (Lipinski definition) is 3. The lowest BCUT2D eigenvalue weighted by molar-refractivity contribution is 0.100. The topological polar surface area (TPSA) is 119 Å². The van der Waals surface area contributed by atoms with Gasteiger partial charge in [0.05, 0.1) is 18.9 Å². The van der Waals surface area contributed by atoms with Gasteiger partial charge >= 0.3 is 0 Å². The quantitative estimate of drug-likeness (QED) is 0.553. The van der Waals surface area contributed by atoms with Crippen LogP contribution in [-0.2, 0) is 0 Å². The van der Waals surface area contributed by atoms with E-state index in [4.69, 9.17) is 10.5 Å². The molecule has 1 saturated heterocycles. The second kappa shape index (κ2) is 7.77. The van der Waals surface area contributed by atoms with E-state index in [1.54, 1.807) is 17.7 Å². The number of nitrogens with one attached hydrogen (secondary N) is 2. The largest absolute Gasteiger partial charge is 0.495 e. The maximum Gasteiger partial charge on any atom is 0.252 e. The van der Waals surface area contributed by atoms with Crippen LogP contribution < -0.4 is 21.1 Å². The molecular formula is C21H24FN7O2. The first-order valence-electron chi connectivity index (χ1n) is 10.5. The number of piperidine rings is 1. The van der Waals surface area contributed by atoms with Crippen molar-refractivity contribution < 1.29 is 13.9 Å². The summed E-state index contributed by atoms with van der Waals surface area (Å²) in [6.45, 7) is 1.68. The van der Waals surface area contributed by atoms with Crippen molar-refractivity contribution in [3.8, 4) is 17.1 Å². The van der Waals surface area contributed by atoms with Gasteiger partial charge in [0.2, 0.25) is 0 Å². The summed E-state index contributed by atoms with van der Waals surface area (Å²) >= 11 is 0. The van der Waals surface area contributed by atoms with E-state index in [-0.39, 0.29) is 23.1 Å². The Labute approximate surface area is 178 Å². The van der Waals surface area contributed by atoms with Crippen molar-refractivity contribution in [2.24, 2.45) is 5.73 Å². The SMILES string of the molecule is COc1cc2ncc(-c3nc(NC4CCCNC4)c(C(N)=O)cc3F)n2nc1C1CC1. The van der Waals surface area contributed by atoms with Gasteiger partial charge in [0.1, 0.15) is 28.6 Å². The molecule has 162 valence electrons. The van der Waals surface area contributed by atoms with E-state index in [0.717, 1.165) is 50.5 Å². The minimum atomic E-state index is -0.735.